The molecule has 3 rings (SSSR count). The summed E-state index contributed by atoms with van der Waals surface area (Å²) < 4.78 is 16.4. The summed E-state index contributed by atoms with van der Waals surface area (Å²) in [6, 6.07) is 11.7. The summed E-state index contributed by atoms with van der Waals surface area (Å²) in [5.41, 5.74) is 2.02. The van der Waals surface area contributed by atoms with Crippen LogP contribution in [-0.4, -0.2) is 54.7 Å². The number of ketones is 1. The van der Waals surface area contributed by atoms with Crippen LogP contribution in [0.5, 0.6) is 11.5 Å². The summed E-state index contributed by atoms with van der Waals surface area (Å²) in [5, 5.41) is 11.2. The standard InChI is InChI=1S/C26H31NO6/c1-6-32-21-12-9-19(15-17(21)4)24(28)22-23(27(13-14-31-5)26(30)25(22)29)18-7-10-20(11-8-18)33-16(2)3/h7-12,15-16,23,28H,6,13-14H2,1-5H3/b24-22-. The molecule has 0 radical (unpaired) electrons. The Labute approximate surface area is 194 Å². The zero-order chi connectivity index (χ0) is 24.1. The predicted octanol–water partition coefficient (Wildman–Crippen LogP) is 4.25. The summed E-state index contributed by atoms with van der Waals surface area (Å²) in [7, 11) is 1.53. The highest BCUT2D eigenvalue weighted by molar-refractivity contribution is 6.46. The van der Waals surface area contributed by atoms with Gasteiger partial charge in [-0.25, -0.2) is 0 Å². The molecule has 0 bridgehead atoms. The van der Waals surface area contributed by atoms with E-state index in [1.807, 2.05) is 39.8 Å². The first-order chi connectivity index (χ1) is 15.8. The van der Waals surface area contributed by atoms with Crippen molar-refractivity contribution in [3.05, 3.63) is 64.7 Å². The molecule has 1 N–H and O–H groups in total. The van der Waals surface area contributed by atoms with E-state index in [0.29, 0.717) is 29.2 Å². The molecule has 176 valence electrons. The molecule has 33 heavy (non-hydrogen) atoms. The van der Waals surface area contributed by atoms with Crippen LogP contribution in [0.25, 0.3) is 5.76 Å². The molecule has 1 saturated heterocycles. The zero-order valence-corrected chi connectivity index (χ0v) is 19.8. The number of aliphatic hydroxyl groups is 1. The topological polar surface area (TPSA) is 85.3 Å². The molecule has 1 amide bonds. The number of hydrogen-bond donors (Lipinski definition) is 1. The van der Waals surface area contributed by atoms with Crippen LogP contribution in [0, 0.1) is 6.92 Å². The molecule has 1 atom stereocenters. The Morgan fingerprint density at radius 1 is 1.12 bits per heavy atom. The van der Waals surface area contributed by atoms with Crippen LogP contribution >= 0.6 is 0 Å². The van der Waals surface area contributed by atoms with E-state index < -0.39 is 17.7 Å². The number of ether oxygens (including phenoxy) is 3. The average molecular weight is 454 g/mol. The number of nitrogens with zero attached hydrogens (tertiary/aromatic N) is 1. The van der Waals surface area contributed by atoms with Crippen LogP contribution in [0.1, 0.15) is 43.5 Å². The van der Waals surface area contributed by atoms with Gasteiger partial charge < -0.3 is 24.2 Å². The summed E-state index contributed by atoms with van der Waals surface area (Å²) in [5.74, 6) is -0.213. The molecular formula is C26H31NO6. The van der Waals surface area contributed by atoms with Gasteiger partial charge in [-0.1, -0.05) is 12.1 Å². The molecule has 0 saturated carbocycles. The summed E-state index contributed by atoms with van der Waals surface area (Å²) in [6.45, 7) is 8.64. The van der Waals surface area contributed by atoms with Gasteiger partial charge in [0.15, 0.2) is 0 Å². The largest absolute Gasteiger partial charge is 0.507 e. The Kier molecular flexibility index (Phi) is 7.76. The molecular weight excluding hydrogens is 422 g/mol. The van der Waals surface area contributed by atoms with Gasteiger partial charge in [0.25, 0.3) is 11.7 Å². The first-order valence-electron chi connectivity index (χ1n) is 11.1. The number of benzene rings is 2. The van der Waals surface area contributed by atoms with E-state index in [1.165, 1.54) is 12.0 Å². The minimum Gasteiger partial charge on any atom is -0.507 e. The monoisotopic (exact) mass is 453 g/mol. The molecule has 0 aliphatic carbocycles. The van der Waals surface area contributed by atoms with Gasteiger partial charge in [-0.2, -0.15) is 0 Å². The van der Waals surface area contributed by atoms with Crippen LogP contribution < -0.4 is 9.47 Å². The highest BCUT2D eigenvalue weighted by atomic mass is 16.5. The van der Waals surface area contributed by atoms with Crippen molar-refractivity contribution in [3.8, 4) is 11.5 Å². The average Bonchev–Trinajstić information content (AvgIpc) is 3.03. The van der Waals surface area contributed by atoms with Gasteiger partial charge in [0, 0.05) is 19.2 Å². The number of amides is 1. The molecule has 0 spiro atoms. The van der Waals surface area contributed by atoms with Gasteiger partial charge in [-0.3, -0.25) is 9.59 Å². The summed E-state index contributed by atoms with van der Waals surface area (Å²) >= 11 is 0. The molecule has 7 heteroatoms. The van der Waals surface area contributed by atoms with Crippen LogP contribution in [0.15, 0.2) is 48.0 Å². The number of aryl methyl sites for hydroxylation is 1. The third-order valence-electron chi connectivity index (χ3n) is 5.39. The lowest BCUT2D eigenvalue weighted by Crippen LogP contribution is -2.32. The highest BCUT2D eigenvalue weighted by Gasteiger charge is 2.45. The van der Waals surface area contributed by atoms with E-state index in [4.69, 9.17) is 14.2 Å². The lowest BCUT2D eigenvalue weighted by molar-refractivity contribution is -0.140. The zero-order valence-electron chi connectivity index (χ0n) is 19.8. The lowest BCUT2D eigenvalue weighted by atomic mass is 9.94. The van der Waals surface area contributed by atoms with Crippen molar-refractivity contribution in [1.29, 1.82) is 0 Å². The minimum absolute atomic E-state index is 0.0195. The maximum Gasteiger partial charge on any atom is 0.295 e. The number of carbonyl (C=O) groups excluding carboxylic acids is 2. The highest BCUT2D eigenvalue weighted by Crippen LogP contribution is 2.40. The van der Waals surface area contributed by atoms with E-state index in [0.717, 1.165) is 5.56 Å². The van der Waals surface area contributed by atoms with E-state index in [2.05, 4.69) is 0 Å². The van der Waals surface area contributed by atoms with Crippen molar-refractivity contribution in [2.75, 3.05) is 26.9 Å². The molecule has 1 unspecified atom stereocenters. The Bertz CT molecular complexity index is 1040. The van der Waals surface area contributed by atoms with Crippen LogP contribution in [0.3, 0.4) is 0 Å². The molecule has 2 aromatic carbocycles. The van der Waals surface area contributed by atoms with Gasteiger partial charge in [0.05, 0.1) is 30.9 Å². The first-order valence-corrected chi connectivity index (χ1v) is 11.1. The van der Waals surface area contributed by atoms with Crippen molar-refractivity contribution in [1.82, 2.24) is 4.90 Å². The maximum atomic E-state index is 13.0. The van der Waals surface area contributed by atoms with Gasteiger partial charge in [-0.15, -0.1) is 0 Å². The molecule has 1 fully saturated rings. The first kappa shape index (κ1) is 24.3. The van der Waals surface area contributed by atoms with Crippen LogP contribution in [0.4, 0.5) is 0 Å². The number of aliphatic hydroxyl groups excluding tert-OH is 1. The Morgan fingerprint density at radius 2 is 1.82 bits per heavy atom. The molecule has 2 aromatic rings. The van der Waals surface area contributed by atoms with Gasteiger partial charge in [-0.05, 0) is 69.2 Å². The molecule has 0 aromatic heterocycles. The Morgan fingerprint density at radius 3 is 2.39 bits per heavy atom. The quantitative estimate of drug-likeness (QED) is 0.347. The number of rotatable bonds is 9. The fourth-order valence-corrected chi connectivity index (χ4v) is 3.92. The molecule has 1 aliphatic rings. The summed E-state index contributed by atoms with van der Waals surface area (Å²) in [4.78, 5) is 27.4. The number of methoxy groups -OCH3 is 1. The van der Waals surface area contributed by atoms with Crippen LogP contribution in [0.2, 0.25) is 0 Å². The molecule has 7 nitrogen and oxygen atoms in total. The van der Waals surface area contributed by atoms with Crippen molar-refractivity contribution < 1.29 is 28.9 Å². The van der Waals surface area contributed by atoms with Gasteiger partial charge >= 0.3 is 0 Å². The van der Waals surface area contributed by atoms with Crippen molar-refractivity contribution in [2.45, 2.75) is 39.8 Å². The van der Waals surface area contributed by atoms with Crippen LogP contribution in [-0.2, 0) is 14.3 Å². The second-order valence-corrected chi connectivity index (χ2v) is 8.13. The third-order valence-corrected chi connectivity index (χ3v) is 5.39. The Balaban J connectivity index is 2.09. The second-order valence-electron chi connectivity index (χ2n) is 8.13. The van der Waals surface area contributed by atoms with E-state index in [-0.39, 0.29) is 30.6 Å². The fraction of sp³-hybridized carbons (Fsp3) is 0.385. The van der Waals surface area contributed by atoms with Gasteiger partial charge in [0.2, 0.25) is 0 Å². The smallest absolute Gasteiger partial charge is 0.295 e. The Hall–Kier alpha value is -3.32. The normalized spacial score (nSPS) is 17.6. The van der Waals surface area contributed by atoms with Gasteiger partial charge in [0.1, 0.15) is 17.3 Å². The minimum atomic E-state index is -0.736. The number of carbonyl (C=O) groups is 2. The lowest BCUT2D eigenvalue weighted by Gasteiger charge is -2.25. The van der Waals surface area contributed by atoms with E-state index in [1.54, 1.807) is 30.3 Å². The number of hydrogen-bond acceptors (Lipinski definition) is 6. The molecule has 1 aliphatic heterocycles. The SMILES string of the molecule is CCOc1ccc(/C(O)=C2/C(=O)C(=O)N(CCOC)C2c2ccc(OC(C)C)cc2)cc1C. The molecule has 1 heterocycles. The third kappa shape index (κ3) is 5.20. The van der Waals surface area contributed by atoms with Crippen molar-refractivity contribution in [2.24, 2.45) is 0 Å². The van der Waals surface area contributed by atoms with Crippen molar-refractivity contribution >= 4 is 17.4 Å². The fourth-order valence-electron chi connectivity index (χ4n) is 3.92. The summed E-state index contributed by atoms with van der Waals surface area (Å²) in [6.07, 6.45) is 0.0195. The maximum absolute atomic E-state index is 13.0. The second kappa shape index (κ2) is 10.5. The van der Waals surface area contributed by atoms with Crippen molar-refractivity contribution in [3.63, 3.8) is 0 Å². The number of likely N-dealkylation sites (tertiary alicyclic amines) is 1. The van der Waals surface area contributed by atoms with E-state index in [9.17, 15) is 14.7 Å². The predicted molar refractivity (Wildman–Crippen MR) is 125 cm³/mol. The number of Topliss-reactive ketones (excluding diaryl/α,β-unsaturated/α-hetero) is 1. The van der Waals surface area contributed by atoms with E-state index >= 15 is 0 Å².